The molecule has 2 aromatic rings. The lowest BCUT2D eigenvalue weighted by atomic mass is 10.0. The van der Waals surface area contributed by atoms with Gasteiger partial charge >= 0.3 is 5.97 Å². The summed E-state index contributed by atoms with van der Waals surface area (Å²) in [5.74, 6) is -1.98. The van der Waals surface area contributed by atoms with Crippen molar-refractivity contribution in [3.63, 3.8) is 0 Å². The van der Waals surface area contributed by atoms with Gasteiger partial charge in [0.25, 0.3) is 12.3 Å². The Morgan fingerprint density at radius 3 is 2.39 bits per heavy atom. The summed E-state index contributed by atoms with van der Waals surface area (Å²) >= 11 is 0. The predicted molar refractivity (Wildman–Crippen MR) is 120 cm³/mol. The van der Waals surface area contributed by atoms with Crippen LogP contribution in [0.3, 0.4) is 0 Å². The van der Waals surface area contributed by atoms with Gasteiger partial charge in [0, 0.05) is 30.4 Å². The lowest BCUT2D eigenvalue weighted by Gasteiger charge is -2.16. The lowest BCUT2D eigenvalue weighted by molar-refractivity contribution is -0.144. The minimum absolute atomic E-state index is 0.0228. The third-order valence-corrected chi connectivity index (χ3v) is 4.54. The van der Waals surface area contributed by atoms with Crippen LogP contribution in [0.5, 0.6) is 0 Å². The van der Waals surface area contributed by atoms with Gasteiger partial charge in [-0.05, 0) is 30.2 Å². The summed E-state index contributed by atoms with van der Waals surface area (Å²) in [6, 6.07) is 12.4. The molecule has 176 valence electrons. The molecular formula is C24H26F3N3O3. The Labute approximate surface area is 190 Å². The molecule has 2 rings (SSSR count). The number of hydrogen-bond donors (Lipinski definition) is 3. The Bertz CT molecular complexity index is 995. The van der Waals surface area contributed by atoms with Gasteiger partial charge in [0.2, 0.25) is 0 Å². The Morgan fingerprint density at radius 2 is 1.76 bits per heavy atom. The van der Waals surface area contributed by atoms with Gasteiger partial charge in [0.1, 0.15) is 12.4 Å². The fourth-order valence-corrected chi connectivity index (χ4v) is 2.92. The highest BCUT2D eigenvalue weighted by atomic mass is 19.3. The fourth-order valence-electron chi connectivity index (χ4n) is 2.92. The summed E-state index contributed by atoms with van der Waals surface area (Å²) < 4.78 is 46.1. The number of carbonyl (C=O) groups excluding carboxylic acids is 2. The van der Waals surface area contributed by atoms with Crippen LogP contribution in [0.25, 0.3) is 5.70 Å². The van der Waals surface area contributed by atoms with Gasteiger partial charge in [-0.25, -0.2) is 13.2 Å². The van der Waals surface area contributed by atoms with Crippen molar-refractivity contribution < 1.29 is 27.5 Å². The van der Waals surface area contributed by atoms with Crippen LogP contribution in [0.4, 0.5) is 13.2 Å². The first-order chi connectivity index (χ1) is 15.8. The Balaban J connectivity index is 2.05. The van der Waals surface area contributed by atoms with Crippen molar-refractivity contribution in [2.75, 3.05) is 13.1 Å². The highest BCUT2D eigenvalue weighted by Crippen LogP contribution is 2.22. The first-order valence-corrected chi connectivity index (χ1v) is 10.4. The number of allylic oxidation sites excluding steroid dienone is 1. The van der Waals surface area contributed by atoms with Crippen molar-refractivity contribution in [1.29, 1.82) is 5.41 Å². The van der Waals surface area contributed by atoms with Crippen molar-refractivity contribution in [2.45, 2.75) is 32.8 Å². The smallest absolute Gasteiger partial charge is 0.307 e. The number of nitrogens with one attached hydrogen (secondary N) is 3. The van der Waals surface area contributed by atoms with Crippen molar-refractivity contribution in [2.24, 2.45) is 0 Å². The summed E-state index contributed by atoms with van der Waals surface area (Å²) in [5.41, 5.74) is 0.0315. The topological polar surface area (TPSA) is 91.3 Å². The number of esters is 1. The monoisotopic (exact) mass is 461 g/mol. The Morgan fingerprint density at radius 1 is 1.06 bits per heavy atom. The van der Waals surface area contributed by atoms with E-state index < -0.39 is 29.7 Å². The molecule has 0 bridgehead atoms. The molecule has 1 amide bonds. The molecule has 0 fully saturated rings. The van der Waals surface area contributed by atoms with E-state index in [4.69, 9.17) is 10.1 Å². The normalized spacial score (nSPS) is 11.5. The third kappa shape index (κ3) is 8.10. The molecule has 0 atom stereocenters. The van der Waals surface area contributed by atoms with Crippen LogP contribution in [-0.2, 0) is 16.1 Å². The standard InChI is InChI=1S/C24H26F3N3O3/c1-2-9-29-22(20(14-28)23(26)27)17-11-18(13-19(25)12-17)24(32)30-10-8-21(31)33-15-16-6-4-3-5-7-16/h3-7,11-14,23,28-29H,2,8-10,15H2,1H3,(H,30,32)/b22-20+,28-14?. The number of carbonyl (C=O) groups is 2. The van der Waals surface area contributed by atoms with Gasteiger partial charge in [0.15, 0.2) is 0 Å². The van der Waals surface area contributed by atoms with E-state index in [1.54, 1.807) is 0 Å². The molecule has 0 heterocycles. The average Bonchev–Trinajstić information content (AvgIpc) is 2.80. The van der Waals surface area contributed by atoms with Gasteiger partial charge in [0.05, 0.1) is 17.7 Å². The number of ether oxygens (including phenoxy) is 1. The van der Waals surface area contributed by atoms with Crippen LogP contribution in [0.1, 0.15) is 41.3 Å². The van der Waals surface area contributed by atoms with Crippen LogP contribution in [0, 0.1) is 11.2 Å². The number of alkyl halides is 2. The summed E-state index contributed by atoms with van der Waals surface area (Å²) in [4.78, 5) is 24.3. The largest absolute Gasteiger partial charge is 0.461 e. The van der Waals surface area contributed by atoms with E-state index in [1.165, 1.54) is 6.07 Å². The van der Waals surface area contributed by atoms with E-state index in [0.29, 0.717) is 19.2 Å². The van der Waals surface area contributed by atoms with Crippen LogP contribution >= 0.6 is 0 Å². The van der Waals surface area contributed by atoms with Crippen molar-refractivity contribution in [3.05, 3.63) is 76.6 Å². The molecule has 6 nitrogen and oxygen atoms in total. The number of benzene rings is 2. The predicted octanol–water partition coefficient (Wildman–Crippen LogP) is 4.31. The maximum absolute atomic E-state index is 14.2. The first-order valence-electron chi connectivity index (χ1n) is 10.4. The van der Waals surface area contributed by atoms with E-state index >= 15 is 0 Å². The van der Waals surface area contributed by atoms with E-state index in [1.807, 2.05) is 37.3 Å². The highest BCUT2D eigenvalue weighted by Gasteiger charge is 2.19. The van der Waals surface area contributed by atoms with Crippen LogP contribution in [0.2, 0.25) is 0 Å². The maximum atomic E-state index is 14.2. The van der Waals surface area contributed by atoms with Gasteiger partial charge in [-0.15, -0.1) is 0 Å². The molecule has 0 unspecified atom stereocenters. The van der Waals surface area contributed by atoms with Crippen molar-refractivity contribution in [1.82, 2.24) is 10.6 Å². The number of hydrogen-bond acceptors (Lipinski definition) is 5. The van der Waals surface area contributed by atoms with E-state index in [-0.39, 0.29) is 36.4 Å². The highest BCUT2D eigenvalue weighted by molar-refractivity contribution is 5.96. The van der Waals surface area contributed by atoms with Crippen LogP contribution < -0.4 is 10.6 Å². The van der Waals surface area contributed by atoms with Gasteiger partial charge < -0.3 is 20.8 Å². The summed E-state index contributed by atoms with van der Waals surface area (Å²) in [5, 5.41) is 12.6. The van der Waals surface area contributed by atoms with E-state index in [2.05, 4.69) is 10.6 Å². The second-order valence-corrected chi connectivity index (χ2v) is 7.08. The van der Waals surface area contributed by atoms with Crippen LogP contribution in [0.15, 0.2) is 54.1 Å². The zero-order valence-corrected chi connectivity index (χ0v) is 18.2. The second-order valence-electron chi connectivity index (χ2n) is 7.08. The van der Waals surface area contributed by atoms with Gasteiger partial charge in [-0.2, -0.15) is 0 Å². The Kier molecular flexibility index (Phi) is 10.1. The SMILES string of the molecule is CCCN/C(=C(\C=N)C(F)F)c1cc(F)cc(C(=O)NCCC(=O)OCc2ccccc2)c1. The minimum Gasteiger partial charge on any atom is -0.461 e. The molecular weight excluding hydrogens is 435 g/mol. The quantitative estimate of drug-likeness (QED) is 0.324. The van der Waals surface area contributed by atoms with Crippen molar-refractivity contribution in [3.8, 4) is 0 Å². The van der Waals surface area contributed by atoms with Crippen molar-refractivity contribution >= 4 is 23.8 Å². The fraction of sp³-hybridized carbons (Fsp3) is 0.292. The minimum atomic E-state index is -2.95. The first kappa shape index (κ1) is 25.6. The molecule has 0 aromatic heterocycles. The molecule has 3 N–H and O–H groups in total. The molecule has 0 saturated heterocycles. The zero-order valence-electron chi connectivity index (χ0n) is 18.2. The average molecular weight is 461 g/mol. The summed E-state index contributed by atoms with van der Waals surface area (Å²) in [6.45, 7) is 2.22. The molecule has 0 radical (unpaired) electrons. The summed E-state index contributed by atoms with van der Waals surface area (Å²) in [7, 11) is 0. The molecule has 33 heavy (non-hydrogen) atoms. The lowest BCUT2D eigenvalue weighted by Crippen LogP contribution is -2.27. The Hall–Kier alpha value is -3.62. The maximum Gasteiger partial charge on any atom is 0.307 e. The van der Waals surface area contributed by atoms with E-state index in [0.717, 1.165) is 17.7 Å². The molecule has 0 saturated carbocycles. The molecule has 0 aliphatic heterocycles. The van der Waals surface area contributed by atoms with Crippen LogP contribution in [-0.4, -0.2) is 37.6 Å². The van der Waals surface area contributed by atoms with E-state index in [9.17, 15) is 22.8 Å². The number of halogens is 3. The van der Waals surface area contributed by atoms with Gasteiger partial charge in [-0.1, -0.05) is 37.3 Å². The number of amides is 1. The molecule has 0 aliphatic rings. The molecule has 0 aliphatic carbocycles. The number of rotatable bonds is 12. The molecule has 0 spiro atoms. The zero-order chi connectivity index (χ0) is 24.2. The third-order valence-electron chi connectivity index (χ3n) is 4.54. The summed E-state index contributed by atoms with van der Waals surface area (Å²) in [6.07, 6.45) is -1.92. The van der Waals surface area contributed by atoms with Gasteiger partial charge in [-0.3, -0.25) is 9.59 Å². The molecule has 2 aromatic carbocycles. The molecule has 9 heteroatoms. The second kappa shape index (κ2) is 13.0.